The van der Waals surface area contributed by atoms with Crippen molar-refractivity contribution in [3.8, 4) is 11.5 Å². The number of nitrogens with one attached hydrogen (secondary N) is 2. The van der Waals surface area contributed by atoms with Gasteiger partial charge in [0.1, 0.15) is 0 Å². The van der Waals surface area contributed by atoms with Crippen LogP contribution < -0.4 is 15.5 Å². The summed E-state index contributed by atoms with van der Waals surface area (Å²) in [5.74, 6) is 0.0530. The van der Waals surface area contributed by atoms with Crippen molar-refractivity contribution in [1.29, 1.82) is 0 Å². The van der Waals surface area contributed by atoms with Gasteiger partial charge in [0, 0.05) is 0 Å². The van der Waals surface area contributed by atoms with Crippen molar-refractivity contribution >= 4 is 29.4 Å². The minimum absolute atomic E-state index is 0.00293. The zero-order valence-electron chi connectivity index (χ0n) is 12.4. The van der Waals surface area contributed by atoms with Crippen LogP contribution in [0.3, 0.4) is 0 Å². The van der Waals surface area contributed by atoms with Gasteiger partial charge in [0.25, 0.3) is 5.91 Å². The van der Waals surface area contributed by atoms with E-state index in [1.807, 2.05) is 12.1 Å². The molecule has 120 valence electrons. The second-order valence-electron chi connectivity index (χ2n) is 4.56. The minimum atomic E-state index is -0.320. The van der Waals surface area contributed by atoms with Gasteiger partial charge in [0.15, 0.2) is 11.5 Å². The van der Waals surface area contributed by atoms with Crippen LogP contribution in [0, 0.1) is 0 Å². The van der Waals surface area contributed by atoms with Gasteiger partial charge in [0.05, 0.1) is 30.6 Å². The molecule has 0 radical (unpaired) electrons. The van der Waals surface area contributed by atoms with E-state index in [1.165, 1.54) is 19.4 Å². The van der Waals surface area contributed by atoms with Crippen molar-refractivity contribution in [3.63, 3.8) is 0 Å². The normalized spacial score (nSPS) is 10.5. The first-order valence-corrected chi connectivity index (χ1v) is 7.15. The maximum absolute atomic E-state index is 11.7. The van der Waals surface area contributed by atoms with Crippen molar-refractivity contribution < 1.29 is 14.6 Å². The predicted octanol–water partition coefficient (Wildman–Crippen LogP) is 2.62. The molecule has 23 heavy (non-hydrogen) atoms. The molecular weight excluding hydrogens is 318 g/mol. The van der Waals surface area contributed by atoms with Crippen LogP contribution in [0.15, 0.2) is 47.6 Å². The summed E-state index contributed by atoms with van der Waals surface area (Å²) in [4.78, 5) is 11.7. The molecule has 0 saturated carbocycles. The molecule has 2 aromatic carbocycles. The summed E-state index contributed by atoms with van der Waals surface area (Å²) in [6.07, 6.45) is 1.42. The van der Waals surface area contributed by atoms with Crippen molar-refractivity contribution in [2.24, 2.45) is 5.10 Å². The second kappa shape index (κ2) is 8.05. The first-order valence-electron chi connectivity index (χ1n) is 6.77. The number of anilines is 1. The third-order valence-electron chi connectivity index (χ3n) is 2.92. The van der Waals surface area contributed by atoms with Gasteiger partial charge in [-0.3, -0.25) is 4.79 Å². The maximum atomic E-state index is 11.7. The molecule has 0 aromatic heterocycles. The summed E-state index contributed by atoms with van der Waals surface area (Å²) in [6, 6.07) is 11.9. The molecule has 0 aliphatic carbocycles. The quantitative estimate of drug-likeness (QED) is 0.560. The van der Waals surface area contributed by atoms with Crippen LogP contribution in [-0.4, -0.2) is 30.9 Å². The van der Waals surface area contributed by atoms with Crippen LogP contribution in [0.5, 0.6) is 11.5 Å². The van der Waals surface area contributed by atoms with Gasteiger partial charge in [-0.2, -0.15) is 5.10 Å². The lowest BCUT2D eigenvalue weighted by Gasteiger charge is -2.06. The van der Waals surface area contributed by atoms with Crippen molar-refractivity contribution in [3.05, 3.63) is 53.1 Å². The molecular formula is C16H16ClN3O3. The number of rotatable bonds is 6. The molecule has 2 rings (SSSR count). The lowest BCUT2D eigenvalue weighted by Crippen LogP contribution is -2.25. The van der Waals surface area contributed by atoms with Gasteiger partial charge < -0.3 is 15.2 Å². The van der Waals surface area contributed by atoms with Crippen LogP contribution in [0.25, 0.3) is 0 Å². The number of benzene rings is 2. The van der Waals surface area contributed by atoms with E-state index in [4.69, 9.17) is 16.3 Å². The molecule has 7 heteroatoms. The number of phenols is 1. The summed E-state index contributed by atoms with van der Waals surface area (Å²) in [5.41, 5.74) is 3.68. The summed E-state index contributed by atoms with van der Waals surface area (Å²) in [7, 11) is 1.47. The van der Waals surface area contributed by atoms with E-state index < -0.39 is 0 Å². The third-order valence-corrected chi connectivity index (χ3v) is 3.25. The lowest BCUT2D eigenvalue weighted by molar-refractivity contribution is -0.119. The van der Waals surface area contributed by atoms with E-state index in [0.717, 1.165) is 0 Å². The van der Waals surface area contributed by atoms with Crippen LogP contribution in [0.4, 0.5) is 5.69 Å². The molecule has 0 bridgehead atoms. The van der Waals surface area contributed by atoms with E-state index >= 15 is 0 Å². The van der Waals surface area contributed by atoms with Crippen LogP contribution in [-0.2, 0) is 4.79 Å². The molecule has 0 saturated heterocycles. The largest absolute Gasteiger partial charge is 0.504 e. The number of hydrazone groups is 1. The van der Waals surface area contributed by atoms with Gasteiger partial charge in [-0.15, -0.1) is 0 Å². The first-order chi connectivity index (χ1) is 11.1. The van der Waals surface area contributed by atoms with Crippen molar-refractivity contribution in [2.75, 3.05) is 19.0 Å². The molecule has 2 aromatic rings. The van der Waals surface area contributed by atoms with Gasteiger partial charge in [0.2, 0.25) is 0 Å². The highest BCUT2D eigenvalue weighted by atomic mass is 35.5. The molecule has 0 heterocycles. The Kier molecular flexibility index (Phi) is 5.82. The zero-order valence-corrected chi connectivity index (χ0v) is 13.2. The minimum Gasteiger partial charge on any atom is -0.504 e. The van der Waals surface area contributed by atoms with E-state index in [0.29, 0.717) is 22.0 Å². The highest BCUT2D eigenvalue weighted by molar-refractivity contribution is 6.33. The predicted molar refractivity (Wildman–Crippen MR) is 90.3 cm³/mol. The second-order valence-corrected chi connectivity index (χ2v) is 4.97. The number of carbonyl (C=O) groups is 1. The number of ether oxygens (including phenoxy) is 1. The van der Waals surface area contributed by atoms with Crippen LogP contribution in [0.2, 0.25) is 5.02 Å². The highest BCUT2D eigenvalue weighted by Crippen LogP contribution is 2.25. The first kappa shape index (κ1) is 16.6. The maximum Gasteiger partial charge on any atom is 0.259 e. The number of aromatic hydroxyl groups is 1. The Morgan fingerprint density at radius 3 is 2.83 bits per heavy atom. The average molecular weight is 334 g/mol. The number of halogens is 1. The van der Waals surface area contributed by atoms with Crippen LogP contribution in [0.1, 0.15) is 5.56 Å². The van der Waals surface area contributed by atoms with Crippen molar-refractivity contribution in [1.82, 2.24) is 5.43 Å². The number of hydrogen-bond acceptors (Lipinski definition) is 5. The smallest absolute Gasteiger partial charge is 0.259 e. The highest BCUT2D eigenvalue weighted by Gasteiger charge is 2.03. The molecule has 0 aliphatic rings. The Bertz CT molecular complexity index is 719. The number of hydrogen-bond donors (Lipinski definition) is 3. The molecule has 0 aliphatic heterocycles. The Labute approximate surface area is 138 Å². The molecule has 6 nitrogen and oxygen atoms in total. The fraction of sp³-hybridized carbons (Fsp3) is 0.125. The Hall–Kier alpha value is -2.73. The fourth-order valence-electron chi connectivity index (χ4n) is 1.79. The number of phenolic OH excluding ortho intramolecular Hbond substituents is 1. The number of methoxy groups -OCH3 is 1. The lowest BCUT2D eigenvalue weighted by atomic mass is 10.2. The summed E-state index contributed by atoms with van der Waals surface area (Å²) < 4.78 is 4.94. The molecule has 0 fully saturated rings. The monoisotopic (exact) mass is 333 g/mol. The van der Waals surface area contributed by atoms with Gasteiger partial charge in [-0.05, 0) is 35.9 Å². The summed E-state index contributed by atoms with van der Waals surface area (Å²) in [5, 5.41) is 16.9. The Morgan fingerprint density at radius 1 is 1.35 bits per heavy atom. The Balaban J connectivity index is 1.84. The van der Waals surface area contributed by atoms with E-state index in [-0.39, 0.29) is 18.2 Å². The topological polar surface area (TPSA) is 83.0 Å². The van der Waals surface area contributed by atoms with Gasteiger partial charge in [-0.1, -0.05) is 23.7 Å². The van der Waals surface area contributed by atoms with E-state index in [2.05, 4.69) is 15.8 Å². The van der Waals surface area contributed by atoms with E-state index in [9.17, 15) is 9.90 Å². The van der Waals surface area contributed by atoms with Crippen LogP contribution >= 0.6 is 11.6 Å². The van der Waals surface area contributed by atoms with Crippen molar-refractivity contribution in [2.45, 2.75) is 0 Å². The number of para-hydroxylation sites is 1. The van der Waals surface area contributed by atoms with Gasteiger partial charge >= 0.3 is 0 Å². The standard InChI is InChI=1S/C16H16ClN3O3/c1-23-15-7-6-11(8-14(15)21)9-19-20-16(22)10-18-13-5-3-2-4-12(13)17/h2-9,18,21H,10H2,1H3,(H,20,22)/b19-9+. The molecule has 0 unspecified atom stereocenters. The average Bonchev–Trinajstić information content (AvgIpc) is 2.54. The molecule has 3 N–H and O–H groups in total. The molecule has 0 atom stereocenters. The molecule has 0 spiro atoms. The SMILES string of the molecule is COc1ccc(/C=N/NC(=O)CNc2ccccc2Cl)cc1O. The molecule has 1 amide bonds. The third kappa shape index (κ3) is 4.89. The van der Waals surface area contributed by atoms with Gasteiger partial charge in [-0.25, -0.2) is 5.43 Å². The summed E-state index contributed by atoms with van der Waals surface area (Å²) >= 11 is 5.97. The van der Waals surface area contributed by atoms with E-state index in [1.54, 1.807) is 24.3 Å². The Morgan fingerprint density at radius 2 is 2.13 bits per heavy atom. The fourth-order valence-corrected chi connectivity index (χ4v) is 1.99. The summed E-state index contributed by atoms with van der Waals surface area (Å²) in [6.45, 7) is 0.0366. The zero-order chi connectivity index (χ0) is 16.7. The number of nitrogens with zero attached hydrogens (tertiary/aromatic N) is 1. The number of amides is 1. The number of carbonyl (C=O) groups excluding carboxylic acids is 1.